The Hall–Kier alpha value is -2.41. The van der Waals surface area contributed by atoms with Crippen molar-refractivity contribution in [2.75, 3.05) is 23.7 Å². The molecule has 0 saturated carbocycles. The average Bonchev–Trinajstić information content (AvgIpc) is 2.84. The Morgan fingerprint density at radius 3 is 2.64 bits per heavy atom. The van der Waals surface area contributed by atoms with E-state index in [1.165, 1.54) is 30.4 Å². The maximum atomic E-state index is 9.44. The molecule has 22 heavy (non-hydrogen) atoms. The van der Waals surface area contributed by atoms with E-state index in [-0.39, 0.29) is 0 Å². The quantitative estimate of drug-likeness (QED) is 0.945. The minimum absolute atomic E-state index is 0.638. The zero-order valence-corrected chi connectivity index (χ0v) is 13.0. The van der Waals surface area contributed by atoms with Crippen LogP contribution >= 0.6 is 0 Å². The van der Waals surface area contributed by atoms with Gasteiger partial charge in [-0.3, -0.25) is 0 Å². The fourth-order valence-corrected chi connectivity index (χ4v) is 3.26. The minimum atomic E-state index is 0.638. The van der Waals surface area contributed by atoms with Gasteiger partial charge in [-0.15, -0.1) is 0 Å². The summed E-state index contributed by atoms with van der Waals surface area (Å²) in [7, 11) is 0. The van der Waals surface area contributed by atoms with E-state index >= 15 is 0 Å². The molecule has 0 unspecified atom stereocenters. The van der Waals surface area contributed by atoms with Gasteiger partial charge in [0.2, 0.25) is 0 Å². The number of nitriles is 1. The molecule has 1 saturated heterocycles. The van der Waals surface area contributed by atoms with Crippen LogP contribution in [0.25, 0.3) is 0 Å². The molecule has 0 bridgehead atoms. The molecule has 1 aliphatic rings. The van der Waals surface area contributed by atoms with Gasteiger partial charge in [0.25, 0.3) is 0 Å². The minimum Gasteiger partial charge on any atom is -0.396 e. The van der Waals surface area contributed by atoms with Crippen LogP contribution in [0, 0.1) is 18.3 Å². The molecule has 2 N–H and O–H groups in total. The summed E-state index contributed by atoms with van der Waals surface area (Å²) < 4.78 is 2.06. The van der Waals surface area contributed by atoms with Crippen molar-refractivity contribution in [1.82, 2.24) is 4.57 Å². The summed E-state index contributed by atoms with van der Waals surface area (Å²) in [6.07, 6.45) is 3.66. The van der Waals surface area contributed by atoms with Crippen LogP contribution in [0.4, 0.5) is 11.5 Å². The molecule has 0 spiro atoms. The van der Waals surface area contributed by atoms with Gasteiger partial charge < -0.3 is 15.2 Å². The van der Waals surface area contributed by atoms with E-state index in [0.717, 1.165) is 18.9 Å². The van der Waals surface area contributed by atoms with Crippen LogP contribution in [0.2, 0.25) is 0 Å². The summed E-state index contributed by atoms with van der Waals surface area (Å²) in [5, 5.41) is 9.44. The molecule has 4 nitrogen and oxygen atoms in total. The first-order chi connectivity index (χ1) is 10.7. The second-order valence-electron chi connectivity index (χ2n) is 6.04. The molecule has 0 amide bonds. The Balaban J connectivity index is 1.99. The molecular formula is C18H22N4. The first-order valence-corrected chi connectivity index (χ1v) is 7.88. The Labute approximate surface area is 131 Å². The van der Waals surface area contributed by atoms with Crippen LogP contribution in [0.1, 0.15) is 36.1 Å². The topological polar surface area (TPSA) is 58.0 Å². The predicted octanol–water partition coefficient (Wildman–Crippen LogP) is 3.29. The number of nitrogen functional groups attached to an aromatic ring is 1. The van der Waals surface area contributed by atoms with Gasteiger partial charge in [0.1, 0.15) is 17.6 Å². The zero-order valence-electron chi connectivity index (χ0n) is 13.0. The van der Waals surface area contributed by atoms with Crippen LogP contribution in [-0.2, 0) is 6.54 Å². The van der Waals surface area contributed by atoms with Crippen LogP contribution in [-0.4, -0.2) is 17.7 Å². The van der Waals surface area contributed by atoms with Gasteiger partial charge in [0, 0.05) is 13.1 Å². The summed E-state index contributed by atoms with van der Waals surface area (Å²) in [6, 6.07) is 12.5. The molecule has 0 radical (unpaired) electrons. The number of benzene rings is 1. The summed E-state index contributed by atoms with van der Waals surface area (Å²) in [6.45, 7) is 4.82. The molecule has 1 aliphatic heterocycles. The van der Waals surface area contributed by atoms with Crippen molar-refractivity contribution in [3.63, 3.8) is 0 Å². The standard InChI is InChI=1S/C18H22N4/c1-14-6-5-7-15(10-14)13-22-16(12-19)11-17(20)18(22)21-8-3-2-4-9-21/h5-7,10-11H,2-4,8-9,13,20H2,1H3. The van der Waals surface area contributed by atoms with Crippen molar-refractivity contribution in [3.05, 3.63) is 47.2 Å². The molecule has 0 aliphatic carbocycles. The van der Waals surface area contributed by atoms with Crippen LogP contribution in [0.3, 0.4) is 0 Å². The van der Waals surface area contributed by atoms with E-state index in [2.05, 4.69) is 46.7 Å². The van der Waals surface area contributed by atoms with E-state index in [9.17, 15) is 5.26 Å². The highest BCUT2D eigenvalue weighted by Gasteiger charge is 2.21. The average molecular weight is 294 g/mol. The van der Waals surface area contributed by atoms with Gasteiger partial charge in [-0.1, -0.05) is 29.8 Å². The number of hydrogen-bond acceptors (Lipinski definition) is 3. The fourth-order valence-electron chi connectivity index (χ4n) is 3.26. The van der Waals surface area contributed by atoms with Crippen molar-refractivity contribution in [1.29, 1.82) is 5.26 Å². The third-order valence-electron chi connectivity index (χ3n) is 4.29. The maximum absolute atomic E-state index is 9.44. The van der Waals surface area contributed by atoms with Gasteiger partial charge in [0.15, 0.2) is 0 Å². The van der Waals surface area contributed by atoms with E-state index < -0.39 is 0 Å². The predicted molar refractivity (Wildman–Crippen MR) is 89.9 cm³/mol. The van der Waals surface area contributed by atoms with Gasteiger partial charge in [0.05, 0.1) is 12.2 Å². The Morgan fingerprint density at radius 1 is 1.18 bits per heavy atom. The van der Waals surface area contributed by atoms with Crippen molar-refractivity contribution in [2.45, 2.75) is 32.7 Å². The second kappa shape index (κ2) is 6.15. The van der Waals surface area contributed by atoms with Crippen molar-refractivity contribution < 1.29 is 0 Å². The van der Waals surface area contributed by atoms with Gasteiger partial charge in [-0.05, 0) is 37.8 Å². The van der Waals surface area contributed by atoms with E-state index in [1.807, 2.05) is 0 Å². The third kappa shape index (κ3) is 2.80. The van der Waals surface area contributed by atoms with Crippen LogP contribution in [0.5, 0.6) is 0 Å². The lowest BCUT2D eigenvalue weighted by Gasteiger charge is -2.30. The monoisotopic (exact) mass is 294 g/mol. The molecule has 1 aromatic heterocycles. The Morgan fingerprint density at radius 2 is 1.95 bits per heavy atom. The highest BCUT2D eigenvalue weighted by Crippen LogP contribution is 2.31. The number of aryl methyl sites for hydroxylation is 1. The third-order valence-corrected chi connectivity index (χ3v) is 4.29. The number of anilines is 2. The van der Waals surface area contributed by atoms with E-state index in [1.54, 1.807) is 6.07 Å². The lowest BCUT2D eigenvalue weighted by molar-refractivity contribution is 0.564. The highest BCUT2D eigenvalue weighted by molar-refractivity contribution is 5.68. The Bertz CT molecular complexity index is 702. The maximum Gasteiger partial charge on any atom is 0.133 e. The molecule has 1 fully saturated rings. The van der Waals surface area contributed by atoms with Gasteiger partial charge in [-0.25, -0.2) is 0 Å². The molecule has 4 heteroatoms. The lowest BCUT2D eigenvalue weighted by atomic mass is 10.1. The molecule has 3 rings (SSSR count). The number of aromatic nitrogens is 1. The second-order valence-corrected chi connectivity index (χ2v) is 6.04. The van der Waals surface area contributed by atoms with E-state index in [0.29, 0.717) is 17.9 Å². The fraction of sp³-hybridized carbons (Fsp3) is 0.389. The number of piperidine rings is 1. The molecule has 114 valence electrons. The van der Waals surface area contributed by atoms with Crippen molar-refractivity contribution in [3.8, 4) is 6.07 Å². The van der Waals surface area contributed by atoms with Crippen molar-refractivity contribution >= 4 is 11.5 Å². The largest absolute Gasteiger partial charge is 0.396 e. The summed E-state index contributed by atoms with van der Waals surface area (Å²) in [4.78, 5) is 2.33. The summed E-state index contributed by atoms with van der Waals surface area (Å²) in [5.41, 5.74) is 10.0. The van der Waals surface area contributed by atoms with Crippen molar-refractivity contribution in [2.24, 2.45) is 0 Å². The normalized spacial score (nSPS) is 14.8. The number of hydrogen-bond donors (Lipinski definition) is 1. The molecule has 2 aromatic rings. The smallest absolute Gasteiger partial charge is 0.133 e. The SMILES string of the molecule is Cc1cccc(Cn2c(C#N)cc(N)c2N2CCCCC2)c1. The summed E-state index contributed by atoms with van der Waals surface area (Å²) >= 11 is 0. The summed E-state index contributed by atoms with van der Waals surface area (Å²) in [5.74, 6) is 1.01. The molecular weight excluding hydrogens is 272 g/mol. The number of nitrogens with zero attached hydrogens (tertiary/aromatic N) is 3. The van der Waals surface area contributed by atoms with Gasteiger partial charge >= 0.3 is 0 Å². The molecule has 0 atom stereocenters. The Kier molecular flexibility index (Phi) is 4.06. The molecule has 2 heterocycles. The lowest BCUT2D eigenvalue weighted by Crippen LogP contribution is -2.32. The van der Waals surface area contributed by atoms with Crippen LogP contribution < -0.4 is 10.6 Å². The van der Waals surface area contributed by atoms with E-state index in [4.69, 9.17) is 5.73 Å². The first-order valence-electron chi connectivity index (χ1n) is 7.88. The first kappa shape index (κ1) is 14.5. The number of rotatable bonds is 3. The zero-order chi connectivity index (χ0) is 15.5. The highest BCUT2D eigenvalue weighted by atomic mass is 15.3. The van der Waals surface area contributed by atoms with Crippen LogP contribution in [0.15, 0.2) is 30.3 Å². The number of nitrogens with two attached hydrogens (primary N) is 1. The van der Waals surface area contributed by atoms with Gasteiger partial charge in [-0.2, -0.15) is 5.26 Å². The molecule has 1 aromatic carbocycles.